The third kappa shape index (κ3) is 4.66. The SMILES string of the molecule is C=CCSCCNc1ncc(C(=O)O)cc1Cl. The smallest absolute Gasteiger partial charge is 0.337 e. The van der Waals surface area contributed by atoms with Crippen molar-refractivity contribution in [2.45, 2.75) is 0 Å². The molecule has 1 rings (SSSR count). The minimum atomic E-state index is -1.03. The van der Waals surface area contributed by atoms with Crippen LogP contribution in [0.2, 0.25) is 5.02 Å². The van der Waals surface area contributed by atoms with Gasteiger partial charge in [0.15, 0.2) is 0 Å². The van der Waals surface area contributed by atoms with Gasteiger partial charge >= 0.3 is 5.97 Å². The van der Waals surface area contributed by atoms with Crippen molar-refractivity contribution in [2.24, 2.45) is 0 Å². The van der Waals surface area contributed by atoms with Gasteiger partial charge in [-0.2, -0.15) is 11.8 Å². The van der Waals surface area contributed by atoms with Gasteiger partial charge < -0.3 is 10.4 Å². The zero-order valence-corrected chi connectivity index (χ0v) is 10.7. The summed E-state index contributed by atoms with van der Waals surface area (Å²) in [4.78, 5) is 14.6. The van der Waals surface area contributed by atoms with Crippen LogP contribution in [0.3, 0.4) is 0 Å². The number of hydrogen-bond donors (Lipinski definition) is 2. The van der Waals surface area contributed by atoms with Gasteiger partial charge in [-0.15, -0.1) is 6.58 Å². The van der Waals surface area contributed by atoms with Crippen molar-refractivity contribution >= 4 is 35.1 Å². The van der Waals surface area contributed by atoms with Crippen LogP contribution in [0.1, 0.15) is 10.4 Å². The van der Waals surface area contributed by atoms with Crippen LogP contribution < -0.4 is 5.32 Å². The second-order valence-electron chi connectivity index (χ2n) is 3.15. The van der Waals surface area contributed by atoms with Crippen molar-refractivity contribution in [3.05, 3.63) is 35.5 Å². The number of nitrogens with one attached hydrogen (secondary N) is 1. The molecule has 17 heavy (non-hydrogen) atoms. The third-order valence-corrected chi connectivity index (χ3v) is 3.11. The Hall–Kier alpha value is -1.20. The summed E-state index contributed by atoms with van der Waals surface area (Å²) in [5.41, 5.74) is 0.0848. The van der Waals surface area contributed by atoms with Crippen molar-refractivity contribution in [2.75, 3.05) is 23.4 Å². The number of carboxylic acid groups (broad SMARTS) is 1. The Morgan fingerprint density at radius 2 is 2.47 bits per heavy atom. The zero-order chi connectivity index (χ0) is 12.7. The maximum absolute atomic E-state index is 10.7. The molecule has 0 aliphatic carbocycles. The van der Waals surface area contributed by atoms with E-state index in [4.69, 9.17) is 16.7 Å². The lowest BCUT2D eigenvalue weighted by Gasteiger charge is -2.07. The van der Waals surface area contributed by atoms with E-state index in [1.165, 1.54) is 12.3 Å². The summed E-state index contributed by atoms with van der Waals surface area (Å²) in [7, 11) is 0. The quantitative estimate of drug-likeness (QED) is 0.590. The van der Waals surface area contributed by atoms with Crippen LogP contribution in [0, 0.1) is 0 Å². The van der Waals surface area contributed by atoms with Crippen molar-refractivity contribution in [3.8, 4) is 0 Å². The number of nitrogens with zero attached hydrogens (tertiary/aromatic N) is 1. The molecule has 0 aromatic carbocycles. The predicted octanol–water partition coefficient (Wildman–Crippen LogP) is 2.76. The first-order valence-corrected chi connectivity index (χ1v) is 6.49. The Labute approximate surface area is 109 Å². The van der Waals surface area contributed by atoms with Crippen LogP contribution >= 0.6 is 23.4 Å². The first kappa shape index (κ1) is 13.9. The molecular formula is C11H13ClN2O2S. The lowest BCUT2D eigenvalue weighted by atomic mass is 10.3. The van der Waals surface area contributed by atoms with Crippen molar-refractivity contribution in [3.63, 3.8) is 0 Å². The molecule has 0 saturated heterocycles. The summed E-state index contributed by atoms with van der Waals surface area (Å²) in [5.74, 6) is 1.29. The van der Waals surface area contributed by atoms with E-state index < -0.39 is 5.97 Å². The van der Waals surface area contributed by atoms with Crippen LogP contribution in [-0.2, 0) is 0 Å². The first-order chi connectivity index (χ1) is 8.15. The molecule has 0 fully saturated rings. The topological polar surface area (TPSA) is 62.2 Å². The summed E-state index contributed by atoms with van der Waals surface area (Å²) in [5, 5.41) is 12.1. The van der Waals surface area contributed by atoms with Crippen LogP contribution in [-0.4, -0.2) is 34.1 Å². The van der Waals surface area contributed by atoms with Crippen molar-refractivity contribution < 1.29 is 9.90 Å². The zero-order valence-electron chi connectivity index (χ0n) is 9.15. The van der Waals surface area contributed by atoms with Crippen molar-refractivity contribution in [1.29, 1.82) is 0 Å². The van der Waals surface area contributed by atoms with Crippen LogP contribution in [0.25, 0.3) is 0 Å². The van der Waals surface area contributed by atoms with Crippen LogP contribution in [0.4, 0.5) is 5.82 Å². The Bertz CT molecular complexity index is 412. The molecule has 0 saturated carbocycles. The fourth-order valence-corrected chi connectivity index (χ4v) is 1.91. The van der Waals surface area contributed by atoms with E-state index in [-0.39, 0.29) is 5.56 Å². The lowest BCUT2D eigenvalue weighted by Crippen LogP contribution is -2.07. The van der Waals surface area contributed by atoms with Gasteiger partial charge in [-0.3, -0.25) is 0 Å². The molecule has 4 nitrogen and oxygen atoms in total. The molecule has 2 N–H and O–H groups in total. The highest BCUT2D eigenvalue weighted by Crippen LogP contribution is 2.20. The summed E-state index contributed by atoms with van der Waals surface area (Å²) in [6.07, 6.45) is 3.13. The minimum absolute atomic E-state index is 0.0848. The molecule has 1 aromatic heterocycles. The van der Waals surface area contributed by atoms with Crippen molar-refractivity contribution in [1.82, 2.24) is 4.98 Å². The average Bonchev–Trinajstić information content (AvgIpc) is 2.30. The second-order valence-corrected chi connectivity index (χ2v) is 4.71. The van der Waals surface area contributed by atoms with Crippen LogP contribution in [0.5, 0.6) is 0 Å². The number of aromatic carboxylic acids is 1. The highest BCUT2D eigenvalue weighted by molar-refractivity contribution is 7.99. The molecule has 1 heterocycles. The Morgan fingerprint density at radius 3 is 3.06 bits per heavy atom. The molecule has 0 spiro atoms. The predicted molar refractivity (Wildman–Crippen MR) is 72.2 cm³/mol. The van der Waals surface area contributed by atoms with Gasteiger partial charge in [-0.1, -0.05) is 17.7 Å². The summed E-state index contributed by atoms with van der Waals surface area (Å²) in [6.45, 7) is 4.35. The summed E-state index contributed by atoms with van der Waals surface area (Å²) in [6, 6.07) is 1.39. The molecule has 0 bridgehead atoms. The molecular weight excluding hydrogens is 260 g/mol. The van der Waals surface area contributed by atoms with E-state index >= 15 is 0 Å². The minimum Gasteiger partial charge on any atom is -0.478 e. The Kier molecular flexibility index (Phi) is 5.86. The number of pyridine rings is 1. The molecule has 1 aromatic rings. The largest absolute Gasteiger partial charge is 0.478 e. The summed E-state index contributed by atoms with van der Waals surface area (Å²) >= 11 is 7.64. The molecule has 0 atom stereocenters. The molecule has 0 aliphatic heterocycles. The van der Waals surface area contributed by atoms with Gasteiger partial charge in [0.2, 0.25) is 0 Å². The second kappa shape index (κ2) is 7.19. The normalized spacial score (nSPS) is 9.94. The number of aromatic nitrogens is 1. The van der Waals surface area contributed by atoms with E-state index in [0.717, 1.165) is 18.1 Å². The Balaban J connectivity index is 2.49. The summed E-state index contributed by atoms with van der Waals surface area (Å²) < 4.78 is 0. The van der Waals surface area contributed by atoms with Gasteiger partial charge in [0.25, 0.3) is 0 Å². The maximum atomic E-state index is 10.7. The average molecular weight is 273 g/mol. The van der Waals surface area contributed by atoms with E-state index in [1.54, 1.807) is 11.8 Å². The van der Waals surface area contributed by atoms with Gasteiger partial charge in [0, 0.05) is 24.2 Å². The number of anilines is 1. The molecule has 6 heteroatoms. The molecule has 0 amide bonds. The number of thioether (sulfide) groups is 1. The van der Waals surface area contributed by atoms with Gasteiger partial charge in [-0.25, -0.2) is 9.78 Å². The van der Waals surface area contributed by atoms with E-state index in [9.17, 15) is 4.79 Å². The maximum Gasteiger partial charge on any atom is 0.337 e. The number of rotatable bonds is 7. The standard InChI is InChI=1S/C11H13ClN2O2S/c1-2-4-17-5-3-13-10-9(12)6-8(7-14-10)11(15)16/h2,6-7H,1,3-5H2,(H,13,14)(H,15,16). The molecule has 0 radical (unpaired) electrons. The van der Waals surface area contributed by atoms with E-state index in [1.807, 2.05) is 6.08 Å². The number of halogens is 1. The van der Waals surface area contributed by atoms with Gasteiger partial charge in [0.1, 0.15) is 5.82 Å². The highest BCUT2D eigenvalue weighted by Gasteiger charge is 2.07. The van der Waals surface area contributed by atoms with Crippen LogP contribution in [0.15, 0.2) is 24.9 Å². The lowest BCUT2D eigenvalue weighted by molar-refractivity contribution is 0.0696. The van der Waals surface area contributed by atoms with E-state index in [2.05, 4.69) is 16.9 Å². The monoisotopic (exact) mass is 272 g/mol. The fraction of sp³-hybridized carbons (Fsp3) is 0.273. The van der Waals surface area contributed by atoms with Gasteiger partial charge in [-0.05, 0) is 6.07 Å². The number of carbonyl (C=O) groups is 1. The molecule has 0 aliphatic rings. The highest BCUT2D eigenvalue weighted by atomic mass is 35.5. The van der Waals surface area contributed by atoms with E-state index in [0.29, 0.717) is 10.8 Å². The Morgan fingerprint density at radius 1 is 1.71 bits per heavy atom. The molecule has 92 valence electrons. The fourth-order valence-electron chi connectivity index (χ4n) is 1.09. The van der Waals surface area contributed by atoms with Gasteiger partial charge in [0.05, 0.1) is 10.6 Å². The number of hydrogen-bond acceptors (Lipinski definition) is 4. The molecule has 0 unspecified atom stereocenters. The number of carboxylic acids is 1. The first-order valence-electron chi connectivity index (χ1n) is 4.96. The third-order valence-electron chi connectivity index (χ3n) is 1.86.